The third kappa shape index (κ3) is 6.26. The number of benzene rings is 2. The Balaban J connectivity index is 1.90. The zero-order valence-electron chi connectivity index (χ0n) is 15.9. The van der Waals surface area contributed by atoms with Crippen molar-refractivity contribution in [2.24, 2.45) is 5.10 Å². The van der Waals surface area contributed by atoms with E-state index in [9.17, 15) is 9.59 Å². The van der Waals surface area contributed by atoms with E-state index < -0.39 is 0 Å². The highest BCUT2D eigenvalue weighted by molar-refractivity contribution is 5.96. The quantitative estimate of drug-likeness (QED) is 0.549. The second-order valence-corrected chi connectivity index (χ2v) is 6.16. The average Bonchev–Trinajstić information content (AvgIpc) is 2.67. The molecule has 0 spiro atoms. The number of hydrogen-bond donors (Lipinski definition) is 2. The number of unbranched alkanes of at least 4 members (excludes halogenated alkanes) is 1. The van der Waals surface area contributed by atoms with Crippen LogP contribution in [0.15, 0.2) is 47.6 Å². The van der Waals surface area contributed by atoms with Crippen LogP contribution < -0.4 is 15.5 Å². The number of ether oxygens (including phenoxy) is 1. The summed E-state index contributed by atoms with van der Waals surface area (Å²) in [6.07, 6.45) is 3.91. The van der Waals surface area contributed by atoms with Crippen LogP contribution >= 0.6 is 0 Å². The fourth-order valence-corrected chi connectivity index (χ4v) is 2.48. The summed E-state index contributed by atoms with van der Waals surface area (Å²) in [5.74, 6) is 0.465. The largest absolute Gasteiger partial charge is 0.496 e. The Bertz CT molecular complexity index is 814. The second kappa shape index (κ2) is 10.1. The first-order chi connectivity index (χ1) is 13.0. The van der Waals surface area contributed by atoms with Gasteiger partial charge in [0.2, 0.25) is 5.91 Å². The second-order valence-electron chi connectivity index (χ2n) is 6.16. The van der Waals surface area contributed by atoms with Crippen LogP contribution in [-0.2, 0) is 4.79 Å². The third-order valence-corrected chi connectivity index (χ3v) is 3.99. The Morgan fingerprint density at radius 2 is 1.89 bits per heavy atom. The van der Waals surface area contributed by atoms with Gasteiger partial charge in [-0.1, -0.05) is 13.3 Å². The van der Waals surface area contributed by atoms with Gasteiger partial charge in [-0.3, -0.25) is 9.59 Å². The number of nitrogens with one attached hydrogen (secondary N) is 2. The summed E-state index contributed by atoms with van der Waals surface area (Å²) in [7, 11) is 1.62. The van der Waals surface area contributed by atoms with Crippen molar-refractivity contribution >= 4 is 23.7 Å². The number of anilines is 1. The number of hydrogen-bond acceptors (Lipinski definition) is 4. The molecule has 0 aliphatic heterocycles. The molecule has 6 nitrogen and oxygen atoms in total. The van der Waals surface area contributed by atoms with Gasteiger partial charge >= 0.3 is 0 Å². The molecule has 142 valence electrons. The van der Waals surface area contributed by atoms with Crippen molar-refractivity contribution in [3.8, 4) is 5.75 Å². The van der Waals surface area contributed by atoms with Gasteiger partial charge in [0.05, 0.1) is 13.3 Å². The van der Waals surface area contributed by atoms with Crippen molar-refractivity contribution in [2.75, 3.05) is 12.4 Å². The minimum atomic E-state index is -0.319. The molecule has 2 aromatic rings. The maximum atomic E-state index is 12.1. The van der Waals surface area contributed by atoms with E-state index in [1.54, 1.807) is 37.6 Å². The van der Waals surface area contributed by atoms with Crippen molar-refractivity contribution in [3.63, 3.8) is 0 Å². The number of nitrogens with zero attached hydrogens (tertiary/aromatic N) is 1. The molecule has 0 aliphatic carbocycles. The van der Waals surface area contributed by atoms with Gasteiger partial charge in [0.15, 0.2) is 0 Å². The predicted octanol–water partition coefficient (Wildman–Crippen LogP) is 3.90. The van der Waals surface area contributed by atoms with E-state index in [2.05, 4.69) is 15.8 Å². The molecule has 2 rings (SSSR count). The van der Waals surface area contributed by atoms with Gasteiger partial charge in [0, 0.05) is 17.7 Å². The van der Waals surface area contributed by atoms with Crippen LogP contribution in [0.2, 0.25) is 0 Å². The molecule has 6 heteroatoms. The first kappa shape index (κ1) is 20.2. The van der Waals surface area contributed by atoms with E-state index in [1.165, 1.54) is 0 Å². The summed E-state index contributed by atoms with van der Waals surface area (Å²) in [4.78, 5) is 23.9. The van der Waals surface area contributed by atoms with Gasteiger partial charge in [0.1, 0.15) is 5.75 Å². The Morgan fingerprint density at radius 1 is 1.15 bits per heavy atom. The molecule has 27 heavy (non-hydrogen) atoms. The lowest BCUT2D eigenvalue weighted by Gasteiger charge is -2.06. The molecule has 0 saturated heterocycles. The molecule has 0 bridgehead atoms. The lowest BCUT2D eigenvalue weighted by Crippen LogP contribution is -2.17. The molecule has 0 heterocycles. The van der Waals surface area contributed by atoms with Gasteiger partial charge in [-0.2, -0.15) is 5.10 Å². The summed E-state index contributed by atoms with van der Waals surface area (Å²) >= 11 is 0. The maximum Gasteiger partial charge on any atom is 0.271 e. The summed E-state index contributed by atoms with van der Waals surface area (Å²) in [5, 5.41) is 6.80. The normalized spacial score (nSPS) is 10.6. The van der Waals surface area contributed by atoms with Crippen LogP contribution in [0.3, 0.4) is 0 Å². The van der Waals surface area contributed by atoms with E-state index in [0.717, 1.165) is 29.7 Å². The third-order valence-electron chi connectivity index (χ3n) is 3.99. The predicted molar refractivity (Wildman–Crippen MR) is 107 cm³/mol. The molecule has 2 amide bonds. The van der Waals surface area contributed by atoms with Gasteiger partial charge in [-0.05, 0) is 66.9 Å². The van der Waals surface area contributed by atoms with Gasteiger partial charge in [-0.15, -0.1) is 0 Å². The molecule has 0 unspecified atom stereocenters. The van der Waals surface area contributed by atoms with Crippen molar-refractivity contribution < 1.29 is 14.3 Å². The lowest BCUT2D eigenvalue weighted by molar-refractivity contribution is -0.116. The van der Waals surface area contributed by atoms with Gasteiger partial charge in [-0.25, -0.2) is 5.43 Å². The van der Waals surface area contributed by atoms with E-state index >= 15 is 0 Å². The molecule has 0 aromatic heterocycles. The summed E-state index contributed by atoms with van der Waals surface area (Å²) in [6.45, 7) is 3.98. The molecule has 0 atom stereocenters. The number of methoxy groups -OCH3 is 1. The molecular weight excluding hydrogens is 342 g/mol. The summed E-state index contributed by atoms with van der Waals surface area (Å²) in [5.41, 5.74) is 5.48. The molecule has 0 saturated carbocycles. The molecule has 2 N–H and O–H groups in total. The smallest absolute Gasteiger partial charge is 0.271 e. The highest BCUT2D eigenvalue weighted by atomic mass is 16.5. The highest BCUT2D eigenvalue weighted by Crippen LogP contribution is 2.17. The number of carbonyl (C=O) groups excluding carboxylic acids is 2. The molecule has 0 radical (unpaired) electrons. The van der Waals surface area contributed by atoms with E-state index in [1.807, 2.05) is 32.0 Å². The standard InChI is InChI=1S/C21H25N3O3/c1-4-5-6-20(25)23-18-10-8-17(9-11-18)21(26)24-22-14-16-7-12-19(27-3)15(2)13-16/h7-14H,4-6H2,1-3H3,(H,23,25)(H,24,26). The first-order valence-electron chi connectivity index (χ1n) is 8.91. The monoisotopic (exact) mass is 367 g/mol. The lowest BCUT2D eigenvalue weighted by atomic mass is 10.1. The van der Waals surface area contributed by atoms with Crippen molar-refractivity contribution in [1.82, 2.24) is 5.43 Å². The van der Waals surface area contributed by atoms with Crippen LogP contribution in [0, 0.1) is 6.92 Å². The molecule has 2 aromatic carbocycles. The fraction of sp³-hybridized carbons (Fsp3) is 0.286. The maximum absolute atomic E-state index is 12.1. The SMILES string of the molecule is CCCCC(=O)Nc1ccc(C(=O)NN=Cc2ccc(OC)c(C)c2)cc1. The highest BCUT2D eigenvalue weighted by Gasteiger charge is 2.06. The Labute approximate surface area is 159 Å². The van der Waals surface area contributed by atoms with Crippen molar-refractivity contribution in [3.05, 3.63) is 59.2 Å². The molecule has 0 fully saturated rings. The summed E-state index contributed by atoms with van der Waals surface area (Å²) < 4.78 is 5.21. The Morgan fingerprint density at radius 3 is 2.52 bits per heavy atom. The van der Waals surface area contributed by atoms with Crippen LogP contribution in [0.1, 0.15) is 47.7 Å². The van der Waals surface area contributed by atoms with E-state index in [4.69, 9.17) is 4.74 Å². The number of aryl methyl sites for hydroxylation is 1. The van der Waals surface area contributed by atoms with Crippen LogP contribution in [-0.4, -0.2) is 25.1 Å². The Hall–Kier alpha value is -3.15. The number of rotatable bonds is 8. The van der Waals surface area contributed by atoms with Crippen molar-refractivity contribution in [2.45, 2.75) is 33.1 Å². The first-order valence-corrected chi connectivity index (χ1v) is 8.91. The number of hydrazone groups is 1. The fourth-order valence-electron chi connectivity index (χ4n) is 2.48. The topological polar surface area (TPSA) is 79.8 Å². The van der Waals surface area contributed by atoms with Crippen LogP contribution in [0.4, 0.5) is 5.69 Å². The van der Waals surface area contributed by atoms with Gasteiger partial charge in [0.25, 0.3) is 5.91 Å². The van der Waals surface area contributed by atoms with Crippen molar-refractivity contribution in [1.29, 1.82) is 0 Å². The van der Waals surface area contributed by atoms with Gasteiger partial charge < -0.3 is 10.1 Å². The minimum Gasteiger partial charge on any atom is -0.496 e. The number of carbonyl (C=O) groups is 2. The minimum absolute atomic E-state index is 0.0200. The number of amides is 2. The average molecular weight is 367 g/mol. The van der Waals surface area contributed by atoms with E-state index in [-0.39, 0.29) is 11.8 Å². The molecular formula is C21H25N3O3. The van der Waals surface area contributed by atoms with Crippen LogP contribution in [0.5, 0.6) is 5.75 Å². The zero-order valence-corrected chi connectivity index (χ0v) is 15.9. The van der Waals surface area contributed by atoms with Crippen LogP contribution in [0.25, 0.3) is 0 Å². The zero-order chi connectivity index (χ0) is 19.6. The van der Waals surface area contributed by atoms with E-state index in [0.29, 0.717) is 17.7 Å². The Kier molecular flexibility index (Phi) is 7.55. The summed E-state index contributed by atoms with van der Waals surface area (Å²) in [6, 6.07) is 12.3. The molecule has 0 aliphatic rings.